The number of urea groups is 1. The predicted molar refractivity (Wildman–Crippen MR) is 150 cm³/mol. The highest BCUT2D eigenvalue weighted by Crippen LogP contribution is 2.50. The molecule has 2 unspecified atom stereocenters. The molecule has 4 N–H and O–H groups in total. The summed E-state index contributed by atoms with van der Waals surface area (Å²) in [6.07, 6.45) is 12.2. The molecule has 39 heavy (non-hydrogen) atoms. The Morgan fingerprint density at radius 2 is 1.56 bits per heavy atom. The number of rotatable bonds is 13. The zero-order chi connectivity index (χ0) is 28.9. The van der Waals surface area contributed by atoms with Gasteiger partial charge in [-0.15, -0.1) is 0 Å². The highest BCUT2D eigenvalue weighted by Gasteiger charge is 2.57. The Morgan fingerprint density at radius 1 is 0.974 bits per heavy atom. The van der Waals surface area contributed by atoms with Crippen LogP contribution in [0.25, 0.3) is 0 Å². The lowest BCUT2D eigenvalue weighted by Crippen LogP contribution is -2.68. The van der Waals surface area contributed by atoms with Crippen molar-refractivity contribution in [2.24, 2.45) is 17.1 Å². The van der Waals surface area contributed by atoms with Crippen molar-refractivity contribution in [3.8, 4) is 0 Å². The van der Waals surface area contributed by atoms with Gasteiger partial charge in [0, 0.05) is 17.5 Å². The molecule has 9 nitrogen and oxygen atoms in total. The van der Waals surface area contributed by atoms with E-state index in [9.17, 15) is 19.5 Å². The van der Waals surface area contributed by atoms with Crippen molar-refractivity contribution in [3.05, 3.63) is 0 Å². The fourth-order valence-corrected chi connectivity index (χ4v) is 7.44. The van der Waals surface area contributed by atoms with Gasteiger partial charge in [-0.05, 0) is 46.0 Å². The maximum atomic E-state index is 13.4. The zero-order valence-electron chi connectivity index (χ0n) is 25.0. The van der Waals surface area contributed by atoms with Crippen molar-refractivity contribution in [2.45, 2.75) is 147 Å². The summed E-state index contributed by atoms with van der Waals surface area (Å²) >= 11 is 0. The van der Waals surface area contributed by atoms with Crippen molar-refractivity contribution >= 4 is 17.9 Å². The molecule has 0 aromatic heterocycles. The van der Waals surface area contributed by atoms with Crippen LogP contribution in [0.15, 0.2) is 0 Å². The third-order valence-electron chi connectivity index (χ3n) is 9.46. The third-order valence-corrected chi connectivity index (χ3v) is 9.46. The molecule has 3 aliphatic rings. The van der Waals surface area contributed by atoms with Crippen molar-refractivity contribution in [2.75, 3.05) is 13.2 Å². The SMILES string of the molecule is CCCCCCCC1(N(C(N)=O)C2(C(CNC(=O)C3OC(C)(C)OCC3(C)C)C(=O)O)CCCC2)CCCC1. The highest BCUT2D eigenvalue weighted by atomic mass is 16.7. The molecule has 0 radical (unpaired) electrons. The minimum atomic E-state index is -1.01. The first-order chi connectivity index (χ1) is 18.3. The van der Waals surface area contributed by atoms with E-state index in [1.807, 2.05) is 18.7 Å². The Hall–Kier alpha value is -1.87. The van der Waals surface area contributed by atoms with E-state index in [1.165, 1.54) is 19.3 Å². The van der Waals surface area contributed by atoms with E-state index < -0.39 is 46.3 Å². The number of carbonyl (C=O) groups excluding carboxylic acids is 2. The molecule has 2 aliphatic carbocycles. The van der Waals surface area contributed by atoms with Gasteiger partial charge in [-0.3, -0.25) is 9.59 Å². The molecule has 1 aliphatic heterocycles. The summed E-state index contributed by atoms with van der Waals surface area (Å²) in [4.78, 5) is 41.5. The number of carboxylic acids is 1. The molecule has 2 atom stereocenters. The van der Waals surface area contributed by atoms with Crippen LogP contribution in [0.5, 0.6) is 0 Å². The third kappa shape index (κ3) is 7.07. The number of carbonyl (C=O) groups is 3. The van der Waals surface area contributed by atoms with Gasteiger partial charge >= 0.3 is 12.0 Å². The molecular weight excluding hydrogens is 498 g/mol. The van der Waals surface area contributed by atoms with E-state index in [-0.39, 0.29) is 12.5 Å². The van der Waals surface area contributed by atoms with Crippen LogP contribution in [0, 0.1) is 11.3 Å². The first-order valence-electron chi connectivity index (χ1n) is 15.2. The van der Waals surface area contributed by atoms with Crippen LogP contribution in [-0.2, 0) is 19.1 Å². The van der Waals surface area contributed by atoms with Crippen LogP contribution in [-0.4, -0.2) is 64.0 Å². The van der Waals surface area contributed by atoms with Gasteiger partial charge in [0.2, 0.25) is 5.91 Å². The largest absolute Gasteiger partial charge is 0.481 e. The number of carboxylic acid groups (broad SMARTS) is 1. The van der Waals surface area contributed by atoms with Crippen LogP contribution in [0.1, 0.15) is 125 Å². The van der Waals surface area contributed by atoms with Crippen molar-refractivity contribution in [1.29, 1.82) is 0 Å². The number of hydrogen-bond donors (Lipinski definition) is 3. The number of nitrogens with one attached hydrogen (secondary N) is 1. The van der Waals surface area contributed by atoms with Crippen LogP contribution in [0.4, 0.5) is 4.79 Å². The van der Waals surface area contributed by atoms with Crippen molar-refractivity contribution in [3.63, 3.8) is 0 Å². The van der Waals surface area contributed by atoms with Gasteiger partial charge in [-0.2, -0.15) is 0 Å². The second-order valence-electron chi connectivity index (χ2n) is 13.4. The number of ether oxygens (including phenoxy) is 2. The standard InChI is InChI=1S/C30H53N3O6/c1-6-7-8-9-10-15-29(16-11-12-17-29)33(26(31)37)30(18-13-14-19-30)22(25(35)36)20-32-24(34)23-27(2,3)21-38-28(4,5)39-23/h22-23H,6-21H2,1-5H3,(H2,31,37)(H,32,34)(H,35,36). The van der Waals surface area contributed by atoms with Crippen molar-refractivity contribution in [1.82, 2.24) is 10.2 Å². The fourth-order valence-electron chi connectivity index (χ4n) is 7.44. The minimum absolute atomic E-state index is 0.0816. The lowest BCUT2D eigenvalue weighted by atomic mass is 9.75. The molecule has 0 bridgehead atoms. The second kappa shape index (κ2) is 12.8. The topological polar surface area (TPSA) is 131 Å². The second-order valence-corrected chi connectivity index (χ2v) is 13.4. The van der Waals surface area contributed by atoms with Gasteiger partial charge in [0.25, 0.3) is 0 Å². The first kappa shape index (κ1) is 31.7. The number of amides is 3. The van der Waals surface area contributed by atoms with Gasteiger partial charge in [0.05, 0.1) is 18.1 Å². The molecular formula is C30H53N3O6. The summed E-state index contributed by atoms with van der Waals surface area (Å²) in [6.45, 7) is 9.80. The quantitative estimate of drug-likeness (QED) is 0.265. The van der Waals surface area contributed by atoms with Crippen molar-refractivity contribution < 1.29 is 29.0 Å². The monoisotopic (exact) mass is 551 g/mol. The maximum absolute atomic E-state index is 13.4. The van der Waals surface area contributed by atoms with Gasteiger partial charge in [0.1, 0.15) is 6.10 Å². The Bertz CT molecular complexity index is 861. The Balaban J connectivity index is 1.87. The summed E-state index contributed by atoms with van der Waals surface area (Å²) < 4.78 is 11.7. The van der Waals surface area contributed by atoms with Crippen LogP contribution < -0.4 is 11.1 Å². The molecule has 0 aromatic rings. The Labute approximate surface area is 234 Å². The average molecular weight is 552 g/mol. The van der Waals surface area contributed by atoms with Gasteiger partial charge < -0.3 is 30.5 Å². The van der Waals surface area contributed by atoms with E-state index >= 15 is 0 Å². The summed E-state index contributed by atoms with van der Waals surface area (Å²) in [5, 5.41) is 13.5. The van der Waals surface area contributed by atoms with Crippen LogP contribution in [0.3, 0.4) is 0 Å². The predicted octanol–water partition coefficient (Wildman–Crippen LogP) is 5.35. The number of unbranched alkanes of at least 4 members (excludes halogenated alkanes) is 4. The summed E-state index contributed by atoms with van der Waals surface area (Å²) in [6, 6.07) is -0.527. The number of nitrogens with two attached hydrogens (primary N) is 1. The molecule has 3 fully saturated rings. The number of primary amides is 1. The van der Waals surface area contributed by atoms with E-state index in [1.54, 1.807) is 13.8 Å². The molecule has 0 aromatic carbocycles. The fraction of sp³-hybridized carbons (Fsp3) is 0.900. The van der Waals surface area contributed by atoms with E-state index in [0.29, 0.717) is 19.4 Å². The van der Waals surface area contributed by atoms with Gasteiger partial charge in [-0.1, -0.05) is 78.6 Å². The lowest BCUT2D eigenvalue weighted by Gasteiger charge is -2.53. The molecule has 3 amide bonds. The maximum Gasteiger partial charge on any atom is 0.315 e. The van der Waals surface area contributed by atoms with Gasteiger partial charge in [-0.25, -0.2) is 4.79 Å². The van der Waals surface area contributed by atoms with Crippen LogP contribution >= 0.6 is 0 Å². The molecule has 1 heterocycles. The Kier molecular flexibility index (Phi) is 10.4. The first-order valence-corrected chi connectivity index (χ1v) is 15.2. The average Bonchev–Trinajstić information content (AvgIpc) is 3.52. The minimum Gasteiger partial charge on any atom is -0.481 e. The summed E-state index contributed by atoms with van der Waals surface area (Å²) in [5.41, 5.74) is 4.25. The number of nitrogens with zero attached hydrogens (tertiary/aromatic N) is 1. The van der Waals surface area contributed by atoms with E-state index in [4.69, 9.17) is 15.2 Å². The normalized spacial score (nSPS) is 25.6. The smallest absolute Gasteiger partial charge is 0.315 e. The molecule has 224 valence electrons. The van der Waals surface area contributed by atoms with Gasteiger partial charge in [0.15, 0.2) is 5.79 Å². The lowest BCUT2D eigenvalue weighted by molar-refractivity contribution is -0.304. The number of hydrogen-bond acceptors (Lipinski definition) is 5. The summed E-state index contributed by atoms with van der Waals surface area (Å²) in [5.74, 6) is -3.24. The molecule has 2 saturated carbocycles. The Morgan fingerprint density at radius 3 is 2.13 bits per heavy atom. The number of aliphatic carboxylic acids is 1. The molecule has 9 heteroatoms. The highest BCUT2D eigenvalue weighted by molar-refractivity contribution is 5.83. The van der Waals surface area contributed by atoms with E-state index in [0.717, 1.165) is 57.8 Å². The van der Waals surface area contributed by atoms with E-state index in [2.05, 4.69) is 12.2 Å². The molecule has 0 spiro atoms. The van der Waals surface area contributed by atoms with Crippen LogP contribution in [0.2, 0.25) is 0 Å². The zero-order valence-corrected chi connectivity index (χ0v) is 25.0. The molecule has 1 saturated heterocycles. The molecule has 3 rings (SSSR count). The summed E-state index contributed by atoms with van der Waals surface area (Å²) in [7, 11) is 0.